The molecule has 0 amide bonds. The lowest BCUT2D eigenvalue weighted by Gasteiger charge is -2.49. The summed E-state index contributed by atoms with van der Waals surface area (Å²) in [5.74, 6) is -2.02. The summed E-state index contributed by atoms with van der Waals surface area (Å²) in [7, 11) is 2.71. The molecule has 4 atom stereocenters. The first-order valence-electron chi connectivity index (χ1n) is 7.94. The van der Waals surface area contributed by atoms with E-state index in [0.29, 0.717) is 0 Å². The second-order valence-corrected chi connectivity index (χ2v) is 5.97. The van der Waals surface area contributed by atoms with Crippen LogP contribution in [0.15, 0.2) is 60.7 Å². The van der Waals surface area contributed by atoms with Crippen molar-refractivity contribution in [2.24, 2.45) is 11.8 Å². The van der Waals surface area contributed by atoms with Crippen molar-refractivity contribution in [3.8, 4) is 0 Å². The average molecular weight is 324 g/mol. The summed E-state index contributed by atoms with van der Waals surface area (Å²) in [6.45, 7) is 0. The van der Waals surface area contributed by atoms with E-state index < -0.39 is 11.8 Å². The number of hydrogen-bond donors (Lipinski definition) is 0. The molecule has 0 aromatic heterocycles. The van der Waals surface area contributed by atoms with E-state index in [1.165, 1.54) is 14.2 Å². The maximum absolute atomic E-state index is 12.4. The van der Waals surface area contributed by atoms with E-state index in [1.807, 2.05) is 60.7 Å². The van der Waals surface area contributed by atoms with Gasteiger partial charge in [-0.05, 0) is 11.1 Å². The molecule has 124 valence electrons. The van der Waals surface area contributed by atoms with E-state index in [2.05, 4.69) is 0 Å². The van der Waals surface area contributed by atoms with E-state index in [-0.39, 0.29) is 23.8 Å². The van der Waals surface area contributed by atoms with E-state index in [9.17, 15) is 9.59 Å². The van der Waals surface area contributed by atoms with Gasteiger partial charge in [0.15, 0.2) is 0 Å². The molecule has 0 unspecified atom stereocenters. The number of hydrogen-bond acceptors (Lipinski definition) is 4. The van der Waals surface area contributed by atoms with Gasteiger partial charge in [0, 0.05) is 11.8 Å². The molecule has 1 saturated carbocycles. The van der Waals surface area contributed by atoms with Gasteiger partial charge in [-0.2, -0.15) is 0 Å². The quantitative estimate of drug-likeness (QED) is 0.811. The van der Waals surface area contributed by atoms with Crippen LogP contribution in [0, 0.1) is 11.8 Å². The van der Waals surface area contributed by atoms with Gasteiger partial charge in [-0.15, -0.1) is 0 Å². The number of ether oxygens (including phenoxy) is 2. The normalized spacial score (nSPS) is 25.4. The molecule has 2 aromatic rings. The highest BCUT2D eigenvalue weighted by Crippen LogP contribution is 2.58. The van der Waals surface area contributed by atoms with E-state index in [0.717, 1.165) is 11.1 Å². The Balaban J connectivity index is 2.07. The zero-order chi connectivity index (χ0) is 17.1. The highest BCUT2D eigenvalue weighted by Gasteiger charge is 2.59. The van der Waals surface area contributed by atoms with Gasteiger partial charge < -0.3 is 9.47 Å². The summed E-state index contributed by atoms with van der Waals surface area (Å²) in [4.78, 5) is 24.7. The summed E-state index contributed by atoms with van der Waals surface area (Å²) >= 11 is 0. The van der Waals surface area contributed by atoms with Crippen LogP contribution in [-0.4, -0.2) is 26.2 Å². The Morgan fingerprint density at radius 1 is 0.667 bits per heavy atom. The van der Waals surface area contributed by atoms with Gasteiger partial charge in [-0.25, -0.2) is 0 Å². The maximum atomic E-state index is 12.4. The van der Waals surface area contributed by atoms with Crippen molar-refractivity contribution < 1.29 is 19.1 Å². The first-order valence-corrected chi connectivity index (χ1v) is 7.94. The summed E-state index contributed by atoms with van der Waals surface area (Å²) < 4.78 is 9.94. The molecule has 24 heavy (non-hydrogen) atoms. The van der Waals surface area contributed by atoms with Crippen molar-refractivity contribution in [3.05, 3.63) is 71.8 Å². The van der Waals surface area contributed by atoms with Crippen molar-refractivity contribution in [2.75, 3.05) is 14.2 Å². The van der Waals surface area contributed by atoms with Gasteiger partial charge in [0.1, 0.15) is 0 Å². The second-order valence-electron chi connectivity index (χ2n) is 5.97. The number of rotatable bonds is 4. The fourth-order valence-corrected chi connectivity index (χ4v) is 3.79. The number of carbonyl (C=O) groups is 2. The smallest absolute Gasteiger partial charge is 0.310 e. The Kier molecular flexibility index (Phi) is 4.65. The standard InChI is InChI=1S/C20H20O4/c1-23-19(21)17-15(13-9-5-3-6-10-13)16(18(17)20(22)24-2)14-11-7-4-8-12-14/h3-12,15-18H,1-2H3/t15-,16-,17-,18-/m0/s1. The molecule has 0 heterocycles. The van der Waals surface area contributed by atoms with Gasteiger partial charge >= 0.3 is 11.9 Å². The monoisotopic (exact) mass is 324 g/mol. The minimum absolute atomic E-state index is 0.106. The topological polar surface area (TPSA) is 52.6 Å². The molecule has 4 heteroatoms. The van der Waals surface area contributed by atoms with Crippen molar-refractivity contribution >= 4 is 11.9 Å². The van der Waals surface area contributed by atoms with Crippen LogP contribution in [-0.2, 0) is 19.1 Å². The highest BCUT2D eigenvalue weighted by molar-refractivity contribution is 5.87. The predicted molar refractivity (Wildman–Crippen MR) is 89.4 cm³/mol. The third-order valence-electron chi connectivity index (χ3n) is 4.86. The zero-order valence-electron chi connectivity index (χ0n) is 13.7. The Bertz CT molecular complexity index is 647. The maximum Gasteiger partial charge on any atom is 0.310 e. The van der Waals surface area contributed by atoms with Crippen LogP contribution >= 0.6 is 0 Å². The Morgan fingerprint density at radius 2 is 1.00 bits per heavy atom. The molecule has 3 rings (SSSR count). The summed E-state index contributed by atoms with van der Waals surface area (Å²) in [6.07, 6.45) is 0. The lowest BCUT2D eigenvalue weighted by atomic mass is 9.52. The van der Waals surface area contributed by atoms with Gasteiger partial charge in [0.2, 0.25) is 0 Å². The van der Waals surface area contributed by atoms with Gasteiger partial charge in [-0.1, -0.05) is 60.7 Å². The van der Waals surface area contributed by atoms with Crippen LogP contribution in [0.3, 0.4) is 0 Å². The molecule has 0 aliphatic heterocycles. The Hall–Kier alpha value is -2.62. The third kappa shape index (κ3) is 2.68. The predicted octanol–water partition coefficient (Wildman–Crippen LogP) is 3.15. The average Bonchev–Trinajstić information content (AvgIpc) is 2.62. The van der Waals surface area contributed by atoms with Crippen molar-refractivity contribution in [3.63, 3.8) is 0 Å². The first-order chi connectivity index (χ1) is 11.7. The van der Waals surface area contributed by atoms with E-state index >= 15 is 0 Å². The fraction of sp³-hybridized carbons (Fsp3) is 0.300. The molecule has 0 bridgehead atoms. The number of benzene rings is 2. The lowest BCUT2D eigenvalue weighted by molar-refractivity contribution is -0.168. The van der Waals surface area contributed by atoms with Crippen LogP contribution in [0.5, 0.6) is 0 Å². The zero-order valence-corrected chi connectivity index (χ0v) is 13.7. The molecule has 0 radical (unpaired) electrons. The van der Waals surface area contributed by atoms with Crippen molar-refractivity contribution in [1.29, 1.82) is 0 Å². The summed E-state index contributed by atoms with van der Waals surface area (Å²) in [5.41, 5.74) is 2.06. The van der Waals surface area contributed by atoms with Crippen LogP contribution in [0.25, 0.3) is 0 Å². The number of esters is 2. The first kappa shape index (κ1) is 16.2. The van der Waals surface area contributed by atoms with Crippen LogP contribution in [0.1, 0.15) is 23.0 Å². The molecule has 0 spiro atoms. The van der Waals surface area contributed by atoms with Crippen LogP contribution in [0.2, 0.25) is 0 Å². The molecule has 1 fully saturated rings. The largest absolute Gasteiger partial charge is 0.469 e. The molecular weight excluding hydrogens is 304 g/mol. The molecule has 0 saturated heterocycles. The second kappa shape index (κ2) is 6.87. The third-order valence-corrected chi connectivity index (χ3v) is 4.86. The minimum Gasteiger partial charge on any atom is -0.469 e. The Morgan fingerprint density at radius 3 is 1.29 bits per heavy atom. The SMILES string of the molecule is COC(=O)[C@@H]1[C@@H](C(=O)OC)[C@@H](c2ccccc2)[C@@H]1c1ccccc1. The van der Waals surface area contributed by atoms with Crippen LogP contribution in [0.4, 0.5) is 0 Å². The van der Waals surface area contributed by atoms with Crippen molar-refractivity contribution in [2.45, 2.75) is 11.8 Å². The Labute approximate surface area is 141 Å². The number of methoxy groups -OCH3 is 2. The highest BCUT2D eigenvalue weighted by atomic mass is 16.5. The van der Waals surface area contributed by atoms with Crippen molar-refractivity contribution in [1.82, 2.24) is 0 Å². The molecule has 0 N–H and O–H groups in total. The molecular formula is C20H20O4. The molecule has 1 aliphatic carbocycles. The van der Waals surface area contributed by atoms with Crippen LogP contribution < -0.4 is 0 Å². The fourth-order valence-electron chi connectivity index (χ4n) is 3.79. The molecule has 1 aliphatic rings. The van der Waals surface area contributed by atoms with Gasteiger partial charge in [-0.3, -0.25) is 9.59 Å². The summed E-state index contributed by atoms with van der Waals surface area (Å²) in [5, 5.41) is 0. The minimum atomic E-state index is -0.532. The van der Waals surface area contributed by atoms with Gasteiger partial charge in [0.05, 0.1) is 26.1 Å². The van der Waals surface area contributed by atoms with E-state index in [1.54, 1.807) is 0 Å². The molecule has 4 nitrogen and oxygen atoms in total. The van der Waals surface area contributed by atoms with Gasteiger partial charge in [0.25, 0.3) is 0 Å². The van der Waals surface area contributed by atoms with E-state index in [4.69, 9.17) is 9.47 Å². The number of carbonyl (C=O) groups excluding carboxylic acids is 2. The lowest BCUT2D eigenvalue weighted by Crippen LogP contribution is -2.52. The summed E-state index contributed by atoms with van der Waals surface area (Å²) in [6, 6.07) is 19.6. The molecule has 2 aromatic carbocycles.